The molecule has 0 spiro atoms. The van der Waals surface area contributed by atoms with Gasteiger partial charge in [-0.2, -0.15) is 0 Å². The van der Waals surface area contributed by atoms with Gasteiger partial charge in [-0.05, 0) is 35.9 Å². The van der Waals surface area contributed by atoms with Crippen molar-refractivity contribution in [3.05, 3.63) is 40.4 Å². The second-order valence-corrected chi connectivity index (χ2v) is 4.56. The van der Waals surface area contributed by atoms with Crippen LogP contribution < -0.4 is 0 Å². The molecular formula is C11H11Cl2N3. The van der Waals surface area contributed by atoms with Crippen LogP contribution in [0, 0.1) is 0 Å². The molecule has 0 aliphatic heterocycles. The molecule has 1 heterocycles. The molecule has 84 valence electrons. The van der Waals surface area contributed by atoms with E-state index in [1.807, 2.05) is 38.1 Å². The molecular weight excluding hydrogens is 245 g/mol. The Bertz CT molecular complexity index is 488. The van der Waals surface area contributed by atoms with Crippen molar-refractivity contribution >= 4 is 23.2 Å². The third-order valence-corrected chi connectivity index (χ3v) is 2.61. The summed E-state index contributed by atoms with van der Waals surface area (Å²) in [6.07, 6.45) is 0. The maximum Gasteiger partial charge on any atom is 0.243 e. The average Bonchev–Trinajstić information content (AvgIpc) is 2.61. The van der Waals surface area contributed by atoms with Crippen molar-refractivity contribution in [3.63, 3.8) is 0 Å². The molecule has 0 radical (unpaired) electrons. The van der Waals surface area contributed by atoms with Crippen LogP contribution in [0.2, 0.25) is 10.3 Å². The number of halogens is 2. The first kappa shape index (κ1) is 11.4. The predicted octanol–water partition coefficient (Wildman–Crippen LogP) is 3.70. The van der Waals surface area contributed by atoms with E-state index in [4.69, 9.17) is 23.2 Å². The molecule has 2 aromatic rings. The lowest BCUT2D eigenvalue weighted by Gasteiger charge is -2.07. The summed E-state index contributed by atoms with van der Waals surface area (Å²) in [5.74, 6) is 1.10. The summed E-state index contributed by atoms with van der Waals surface area (Å²) >= 11 is 11.7. The van der Waals surface area contributed by atoms with E-state index in [0.717, 1.165) is 11.5 Å². The van der Waals surface area contributed by atoms with Crippen LogP contribution in [0.25, 0.3) is 5.69 Å². The van der Waals surface area contributed by atoms with Gasteiger partial charge in [-0.1, -0.05) is 25.4 Å². The maximum absolute atomic E-state index is 5.84. The molecule has 2 rings (SSSR count). The molecule has 0 fully saturated rings. The smallest absolute Gasteiger partial charge is 0.216 e. The van der Waals surface area contributed by atoms with E-state index >= 15 is 0 Å². The number of rotatable bonds is 2. The van der Waals surface area contributed by atoms with Crippen molar-refractivity contribution in [2.24, 2.45) is 0 Å². The van der Waals surface area contributed by atoms with Gasteiger partial charge in [0.2, 0.25) is 5.28 Å². The van der Waals surface area contributed by atoms with Gasteiger partial charge in [0.05, 0.1) is 5.69 Å². The van der Waals surface area contributed by atoms with Crippen molar-refractivity contribution in [1.29, 1.82) is 0 Å². The van der Waals surface area contributed by atoms with Crippen molar-refractivity contribution in [2.75, 3.05) is 0 Å². The largest absolute Gasteiger partial charge is 0.243 e. The van der Waals surface area contributed by atoms with E-state index in [-0.39, 0.29) is 11.2 Å². The van der Waals surface area contributed by atoms with Gasteiger partial charge in [-0.3, -0.25) is 0 Å². The van der Waals surface area contributed by atoms with Crippen LogP contribution in [0.1, 0.15) is 25.6 Å². The Balaban J connectivity index is 2.50. The molecule has 0 aliphatic rings. The minimum Gasteiger partial charge on any atom is -0.216 e. The molecule has 0 aliphatic carbocycles. The fraction of sp³-hybridized carbons (Fsp3) is 0.273. The lowest BCUT2D eigenvalue weighted by atomic mass is 10.2. The summed E-state index contributed by atoms with van der Waals surface area (Å²) in [5, 5.41) is 5.12. The summed E-state index contributed by atoms with van der Waals surface area (Å²) < 4.78 is 1.74. The first-order valence-electron chi connectivity index (χ1n) is 4.96. The van der Waals surface area contributed by atoms with Crippen LogP contribution in [-0.2, 0) is 0 Å². The zero-order valence-corrected chi connectivity index (χ0v) is 10.5. The summed E-state index contributed by atoms with van der Waals surface area (Å²) in [6, 6.07) is 7.41. The maximum atomic E-state index is 5.84. The molecule has 0 unspecified atom stereocenters. The first-order valence-corrected chi connectivity index (χ1v) is 5.72. The Morgan fingerprint density at radius 1 is 1.12 bits per heavy atom. The number of benzene rings is 1. The summed E-state index contributed by atoms with van der Waals surface area (Å²) in [4.78, 5) is 4.19. The van der Waals surface area contributed by atoms with E-state index in [9.17, 15) is 0 Å². The average molecular weight is 256 g/mol. The topological polar surface area (TPSA) is 30.7 Å². The van der Waals surface area contributed by atoms with Crippen LogP contribution in [-0.4, -0.2) is 14.8 Å². The van der Waals surface area contributed by atoms with E-state index in [0.29, 0.717) is 5.02 Å². The third-order valence-electron chi connectivity index (χ3n) is 2.19. The second kappa shape index (κ2) is 4.44. The fourth-order valence-electron chi connectivity index (χ4n) is 1.44. The minimum atomic E-state index is 0.260. The van der Waals surface area contributed by atoms with E-state index in [1.165, 1.54) is 0 Å². The molecule has 1 aromatic heterocycles. The highest BCUT2D eigenvalue weighted by Gasteiger charge is 2.13. The van der Waals surface area contributed by atoms with Crippen molar-refractivity contribution < 1.29 is 0 Å². The fourth-order valence-corrected chi connectivity index (χ4v) is 1.73. The van der Waals surface area contributed by atoms with Crippen LogP contribution in [0.15, 0.2) is 24.3 Å². The predicted molar refractivity (Wildman–Crippen MR) is 65.5 cm³/mol. The first-order chi connectivity index (χ1) is 7.58. The van der Waals surface area contributed by atoms with E-state index in [2.05, 4.69) is 10.1 Å². The highest BCUT2D eigenvalue weighted by molar-refractivity contribution is 6.30. The highest BCUT2D eigenvalue weighted by atomic mass is 35.5. The summed E-state index contributed by atoms with van der Waals surface area (Å²) in [6.45, 7) is 4.10. The van der Waals surface area contributed by atoms with Gasteiger partial charge in [0.1, 0.15) is 5.82 Å². The van der Waals surface area contributed by atoms with Gasteiger partial charge in [0.15, 0.2) is 0 Å². The Morgan fingerprint density at radius 2 is 1.75 bits per heavy atom. The number of aromatic nitrogens is 3. The number of hydrogen-bond acceptors (Lipinski definition) is 2. The zero-order valence-electron chi connectivity index (χ0n) is 8.98. The molecule has 16 heavy (non-hydrogen) atoms. The third kappa shape index (κ3) is 2.20. The van der Waals surface area contributed by atoms with Gasteiger partial charge in [0.25, 0.3) is 0 Å². The zero-order chi connectivity index (χ0) is 11.7. The summed E-state index contributed by atoms with van der Waals surface area (Å²) in [7, 11) is 0. The van der Waals surface area contributed by atoms with Gasteiger partial charge in [0, 0.05) is 10.9 Å². The highest BCUT2D eigenvalue weighted by Crippen LogP contribution is 2.20. The van der Waals surface area contributed by atoms with Crippen molar-refractivity contribution in [3.8, 4) is 5.69 Å². The van der Waals surface area contributed by atoms with Gasteiger partial charge in [-0.15, -0.1) is 5.10 Å². The molecule has 0 bridgehead atoms. The Labute approximate surface area is 104 Å². The van der Waals surface area contributed by atoms with Gasteiger partial charge < -0.3 is 0 Å². The summed E-state index contributed by atoms with van der Waals surface area (Å²) in [5.41, 5.74) is 0.910. The molecule has 0 saturated heterocycles. The quantitative estimate of drug-likeness (QED) is 0.820. The molecule has 3 nitrogen and oxygen atoms in total. The number of hydrogen-bond donors (Lipinski definition) is 0. The van der Waals surface area contributed by atoms with Crippen LogP contribution >= 0.6 is 23.2 Å². The van der Waals surface area contributed by atoms with Gasteiger partial charge >= 0.3 is 0 Å². The molecule has 0 amide bonds. The van der Waals surface area contributed by atoms with Crippen molar-refractivity contribution in [2.45, 2.75) is 19.8 Å². The standard InChI is InChI=1S/C11H11Cl2N3/c1-7(2)10-14-11(13)15-16(10)9-5-3-8(12)4-6-9/h3-7H,1-2H3. The molecule has 1 aromatic carbocycles. The lowest BCUT2D eigenvalue weighted by molar-refractivity contribution is 0.714. The lowest BCUT2D eigenvalue weighted by Crippen LogP contribution is -2.04. The Kier molecular flexibility index (Phi) is 3.17. The van der Waals surface area contributed by atoms with Crippen LogP contribution in [0.3, 0.4) is 0 Å². The van der Waals surface area contributed by atoms with Crippen molar-refractivity contribution in [1.82, 2.24) is 14.8 Å². The minimum absolute atomic E-state index is 0.260. The van der Waals surface area contributed by atoms with Crippen LogP contribution in [0.5, 0.6) is 0 Å². The SMILES string of the molecule is CC(C)c1nc(Cl)nn1-c1ccc(Cl)cc1. The second-order valence-electron chi connectivity index (χ2n) is 3.78. The van der Waals surface area contributed by atoms with Crippen LogP contribution in [0.4, 0.5) is 0 Å². The van der Waals surface area contributed by atoms with Gasteiger partial charge in [-0.25, -0.2) is 9.67 Å². The molecule has 0 N–H and O–H groups in total. The molecule has 0 atom stereocenters. The Hall–Kier alpha value is -1.06. The van der Waals surface area contributed by atoms with E-state index < -0.39 is 0 Å². The normalized spacial score (nSPS) is 11.1. The Morgan fingerprint density at radius 3 is 2.31 bits per heavy atom. The molecule has 0 saturated carbocycles. The van der Waals surface area contributed by atoms with E-state index in [1.54, 1.807) is 4.68 Å². The monoisotopic (exact) mass is 255 g/mol. The number of nitrogens with zero attached hydrogens (tertiary/aromatic N) is 3. The molecule has 5 heteroatoms.